The standard InChI is InChI=1S/C10H10BrN3S/c11-9(7-13-14-10(12)15)6-8-4-2-1-3-5-8/h1-7H,(H3,12,14,15)/b9-6+,13-7+. The van der Waals surface area contributed by atoms with Gasteiger partial charge in [-0.3, -0.25) is 5.43 Å². The first-order chi connectivity index (χ1) is 7.18. The van der Waals surface area contributed by atoms with Crippen molar-refractivity contribution in [3.05, 3.63) is 40.4 Å². The van der Waals surface area contributed by atoms with Gasteiger partial charge in [-0.1, -0.05) is 30.3 Å². The summed E-state index contributed by atoms with van der Waals surface area (Å²) in [4.78, 5) is 0. The van der Waals surface area contributed by atoms with Gasteiger partial charge in [0.2, 0.25) is 0 Å². The van der Waals surface area contributed by atoms with Crippen LogP contribution < -0.4 is 11.2 Å². The molecule has 0 aromatic heterocycles. The molecule has 0 heterocycles. The molecule has 0 saturated carbocycles. The Hall–Kier alpha value is -1.20. The smallest absolute Gasteiger partial charge is 0.184 e. The number of hydrazone groups is 1. The van der Waals surface area contributed by atoms with Crippen LogP contribution in [-0.4, -0.2) is 11.3 Å². The van der Waals surface area contributed by atoms with Crippen LogP contribution in [-0.2, 0) is 0 Å². The molecule has 1 aromatic carbocycles. The van der Waals surface area contributed by atoms with Crippen molar-refractivity contribution in [1.29, 1.82) is 0 Å². The molecular weight excluding hydrogens is 274 g/mol. The molecule has 0 amide bonds. The number of allylic oxidation sites excluding steroid dienone is 1. The van der Waals surface area contributed by atoms with Gasteiger partial charge in [-0.2, -0.15) is 5.10 Å². The number of hydrogen-bond acceptors (Lipinski definition) is 2. The Labute approximate surface area is 102 Å². The molecule has 78 valence electrons. The molecule has 0 aliphatic rings. The first kappa shape index (κ1) is 11.9. The van der Waals surface area contributed by atoms with Crippen LogP contribution in [0.4, 0.5) is 0 Å². The Kier molecular flexibility index (Phi) is 5.00. The molecule has 0 saturated heterocycles. The monoisotopic (exact) mass is 283 g/mol. The lowest BCUT2D eigenvalue weighted by Gasteiger charge is -1.94. The van der Waals surface area contributed by atoms with Crippen molar-refractivity contribution >= 4 is 45.6 Å². The normalized spacial score (nSPS) is 11.7. The summed E-state index contributed by atoms with van der Waals surface area (Å²) in [5.41, 5.74) is 8.76. The van der Waals surface area contributed by atoms with Gasteiger partial charge in [0.05, 0.1) is 6.21 Å². The van der Waals surface area contributed by atoms with E-state index in [1.54, 1.807) is 6.21 Å². The molecular formula is C10H10BrN3S. The zero-order valence-corrected chi connectivity index (χ0v) is 10.3. The van der Waals surface area contributed by atoms with Crippen LogP contribution in [0.5, 0.6) is 0 Å². The maximum Gasteiger partial charge on any atom is 0.184 e. The lowest BCUT2D eigenvalue weighted by atomic mass is 10.2. The third-order valence-electron chi connectivity index (χ3n) is 1.47. The molecule has 1 rings (SSSR count). The van der Waals surface area contributed by atoms with Gasteiger partial charge in [0.25, 0.3) is 0 Å². The van der Waals surface area contributed by atoms with E-state index in [9.17, 15) is 0 Å². The van der Waals surface area contributed by atoms with Crippen LogP contribution in [0.3, 0.4) is 0 Å². The van der Waals surface area contributed by atoms with Gasteiger partial charge < -0.3 is 5.73 Å². The van der Waals surface area contributed by atoms with E-state index >= 15 is 0 Å². The topological polar surface area (TPSA) is 50.4 Å². The number of thiocarbonyl (C=S) groups is 1. The van der Waals surface area contributed by atoms with E-state index in [4.69, 9.17) is 5.73 Å². The van der Waals surface area contributed by atoms with Gasteiger partial charge in [-0.25, -0.2) is 0 Å². The SMILES string of the molecule is NC(=S)N/N=C/C(Br)=C\c1ccccc1. The maximum absolute atomic E-state index is 5.20. The highest BCUT2D eigenvalue weighted by Gasteiger charge is 1.88. The summed E-state index contributed by atoms with van der Waals surface area (Å²) in [6.07, 6.45) is 3.52. The van der Waals surface area contributed by atoms with Crippen molar-refractivity contribution < 1.29 is 0 Å². The third-order valence-corrected chi connectivity index (χ3v) is 1.99. The molecule has 0 bridgehead atoms. The number of rotatable bonds is 3. The fourth-order valence-electron chi connectivity index (χ4n) is 0.903. The quantitative estimate of drug-likeness (QED) is 0.508. The van der Waals surface area contributed by atoms with E-state index < -0.39 is 0 Å². The molecule has 0 aliphatic heterocycles. The largest absolute Gasteiger partial charge is 0.375 e. The van der Waals surface area contributed by atoms with Gasteiger partial charge >= 0.3 is 0 Å². The third kappa shape index (κ3) is 5.29. The average molecular weight is 284 g/mol. The molecule has 0 aliphatic carbocycles. The predicted molar refractivity (Wildman–Crippen MR) is 71.8 cm³/mol. The van der Waals surface area contributed by atoms with E-state index in [1.165, 1.54) is 0 Å². The highest BCUT2D eigenvalue weighted by atomic mass is 79.9. The molecule has 0 spiro atoms. The Morgan fingerprint density at radius 2 is 2.07 bits per heavy atom. The number of nitrogens with one attached hydrogen (secondary N) is 1. The predicted octanol–water partition coefficient (Wildman–Crippen LogP) is 2.24. The minimum absolute atomic E-state index is 0.145. The summed E-state index contributed by atoms with van der Waals surface area (Å²) in [5.74, 6) is 0. The van der Waals surface area contributed by atoms with Gasteiger partial charge in [0.15, 0.2) is 5.11 Å². The second-order valence-corrected chi connectivity index (χ2v) is 4.03. The summed E-state index contributed by atoms with van der Waals surface area (Å²) in [6.45, 7) is 0. The van der Waals surface area contributed by atoms with E-state index in [0.717, 1.165) is 10.0 Å². The minimum Gasteiger partial charge on any atom is -0.375 e. The fraction of sp³-hybridized carbons (Fsp3) is 0. The lowest BCUT2D eigenvalue weighted by molar-refractivity contribution is 1.04. The van der Waals surface area contributed by atoms with Crippen molar-refractivity contribution in [1.82, 2.24) is 5.43 Å². The van der Waals surface area contributed by atoms with E-state index in [-0.39, 0.29) is 5.11 Å². The summed E-state index contributed by atoms with van der Waals surface area (Å²) in [6, 6.07) is 9.90. The molecule has 5 heteroatoms. The number of halogens is 1. The van der Waals surface area contributed by atoms with E-state index in [0.29, 0.717) is 0 Å². The van der Waals surface area contributed by atoms with Crippen LogP contribution in [0, 0.1) is 0 Å². The highest BCUT2D eigenvalue weighted by molar-refractivity contribution is 9.12. The molecule has 0 fully saturated rings. The Bertz CT molecular complexity index is 387. The fourth-order valence-corrected chi connectivity index (χ4v) is 1.32. The zero-order valence-electron chi connectivity index (χ0n) is 7.85. The molecule has 0 radical (unpaired) electrons. The minimum atomic E-state index is 0.145. The summed E-state index contributed by atoms with van der Waals surface area (Å²) >= 11 is 7.95. The molecule has 1 aromatic rings. The van der Waals surface area contributed by atoms with Crippen molar-refractivity contribution in [2.45, 2.75) is 0 Å². The maximum atomic E-state index is 5.20. The van der Waals surface area contributed by atoms with Crippen molar-refractivity contribution in [3.63, 3.8) is 0 Å². The summed E-state index contributed by atoms with van der Waals surface area (Å²) < 4.78 is 0.831. The summed E-state index contributed by atoms with van der Waals surface area (Å²) in [7, 11) is 0. The lowest BCUT2D eigenvalue weighted by Crippen LogP contribution is -2.23. The highest BCUT2D eigenvalue weighted by Crippen LogP contribution is 2.09. The molecule has 3 N–H and O–H groups in total. The second kappa shape index (κ2) is 6.31. The van der Waals surface area contributed by atoms with E-state index in [2.05, 4.69) is 38.7 Å². The van der Waals surface area contributed by atoms with Gasteiger partial charge in [-0.05, 0) is 39.8 Å². The molecule has 15 heavy (non-hydrogen) atoms. The Morgan fingerprint density at radius 1 is 1.40 bits per heavy atom. The van der Waals surface area contributed by atoms with Crippen molar-refractivity contribution in [2.75, 3.05) is 0 Å². The molecule has 3 nitrogen and oxygen atoms in total. The van der Waals surface area contributed by atoms with Crippen LogP contribution in [0.2, 0.25) is 0 Å². The second-order valence-electron chi connectivity index (χ2n) is 2.67. The Morgan fingerprint density at radius 3 is 2.67 bits per heavy atom. The summed E-state index contributed by atoms with van der Waals surface area (Å²) in [5, 5.41) is 3.96. The zero-order chi connectivity index (χ0) is 11.1. The van der Waals surface area contributed by atoms with Crippen LogP contribution in [0.1, 0.15) is 5.56 Å². The first-order valence-electron chi connectivity index (χ1n) is 4.19. The van der Waals surface area contributed by atoms with Crippen molar-refractivity contribution in [3.8, 4) is 0 Å². The van der Waals surface area contributed by atoms with Gasteiger partial charge in [0.1, 0.15) is 0 Å². The number of nitrogens with zero attached hydrogens (tertiary/aromatic N) is 1. The molecule has 0 unspecified atom stereocenters. The van der Waals surface area contributed by atoms with Gasteiger partial charge in [-0.15, -0.1) is 0 Å². The van der Waals surface area contributed by atoms with Crippen LogP contribution in [0.25, 0.3) is 6.08 Å². The van der Waals surface area contributed by atoms with Gasteiger partial charge in [0, 0.05) is 4.48 Å². The number of hydrogen-bond donors (Lipinski definition) is 2. The van der Waals surface area contributed by atoms with Crippen LogP contribution >= 0.6 is 28.1 Å². The number of nitrogens with two attached hydrogens (primary N) is 1. The van der Waals surface area contributed by atoms with E-state index in [1.807, 2.05) is 36.4 Å². The Balaban J connectivity index is 2.61. The number of benzene rings is 1. The first-order valence-corrected chi connectivity index (χ1v) is 5.39. The molecule has 0 atom stereocenters. The average Bonchev–Trinajstić information content (AvgIpc) is 2.18. The van der Waals surface area contributed by atoms with Crippen LogP contribution in [0.15, 0.2) is 39.9 Å². The van der Waals surface area contributed by atoms with Crippen molar-refractivity contribution in [2.24, 2.45) is 10.8 Å².